The summed E-state index contributed by atoms with van der Waals surface area (Å²) in [6.07, 6.45) is 0. The molecule has 0 fully saturated rings. The molecule has 11 aromatic rings. The zero-order valence-corrected chi connectivity index (χ0v) is 28.4. The zero-order valence-electron chi connectivity index (χ0n) is 27.6. The molecule has 0 saturated heterocycles. The Morgan fingerprint density at radius 3 is 1.57 bits per heavy atom. The molecule has 3 aromatic heterocycles. The fourth-order valence-electron chi connectivity index (χ4n) is 8.33. The van der Waals surface area contributed by atoms with Gasteiger partial charge in [-0.25, -0.2) is 0 Å². The summed E-state index contributed by atoms with van der Waals surface area (Å²) in [5, 5.41) is 7.63. The van der Waals surface area contributed by atoms with Gasteiger partial charge in [-0.3, -0.25) is 0 Å². The first-order valence-corrected chi connectivity index (χ1v) is 18.3. The summed E-state index contributed by atoms with van der Waals surface area (Å²) in [5.41, 5.74) is 12.1. The summed E-state index contributed by atoms with van der Waals surface area (Å²) in [6, 6.07) is 66.7. The van der Waals surface area contributed by atoms with E-state index in [9.17, 15) is 0 Å². The Kier molecular flexibility index (Phi) is 6.16. The number of hydrogen-bond acceptors (Lipinski definition) is 1. The first-order valence-electron chi connectivity index (χ1n) is 17.4. The minimum atomic E-state index is 1.17. The zero-order chi connectivity index (χ0) is 33.5. The highest BCUT2D eigenvalue weighted by molar-refractivity contribution is 7.26. The van der Waals surface area contributed by atoms with Crippen molar-refractivity contribution in [2.45, 2.75) is 0 Å². The lowest BCUT2D eigenvalue weighted by atomic mass is 9.93. The molecule has 2 nitrogen and oxygen atoms in total. The second kappa shape index (κ2) is 11.0. The summed E-state index contributed by atoms with van der Waals surface area (Å²) in [7, 11) is 0. The summed E-state index contributed by atoms with van der Waals surface area (Å²) < 4.78 is 7.52. The number of thiophene rings is 1. The molecule has 0 radical (unpaired) electrons. The maximum Gasteiger partial charge on any atom is 0.0561 e. The maximum atomic E-state index is 2.51. The van der Waals surface area contributed by atoms with Gasteiger partial charge in [0.15, 0.2) is 0 Å². The molecule has 11 rings (SSSR count). The lowest BCUT2D eigenvalue weighted by molar-refractivity contribution is 1.17. The van der Waals surface area contributed by atoms with E-state index < -0.39 is 0 Å². The molecule has 238 valence electrons. The van der Waals surface area contributed by atoms with Crippen LogP contribution in [0.2, 0.25) is 0 Å². The molecule has 0 bridgehead atoms. The fraction of sp³-hybridized carbons (Fsp3) is 0. The molecular weight excluding hydrogens is 637 g/mol. The molecule has 0 aliphatic carbocycles. The fourth-order valence-corrected chi connectivity index (χ4v) is 9.50. The van der Waals surface area contributed by atoms with Gasteiger partial charge in [-0.05, 0) is 76.9 Å². The van der Waals surface area contributed by atoms with Crippen molar-refractivity contribution in [2.24, 2.45) is 0 Å². The molecule has 0 spiro atoms. The molecule has 51 heavy (non-hydrogen) atoms. The Labute approximate surface area is 298 Å². The highest BCUT2D eigenvalue weighted by atomic mass is 32.1. The van der Waals surface area contributed by atoms with Crippen LogP contribution in [-0.2, 0) is 0 Å². The quantitative estimate of drug-likeness (QED) is 0.177. The average Bonchev–Trinajstić information content (AvgIpc) is 3.85. The summed E-state index contributed by atoms with van der Waals surface area (Å²) in [5.74, 6) is 0. The number of aromatic nitrogens is 2. The van der Waals surface area contributed by atoms with Gasteiger partial charge in [0.1, 0.15) is 0 Å². The normalized spacial score (nSPS) is 11.9. The summed E-state index contributed by atoms with van der Waals surface area (Å²) in [4.78, 5) is 0. The van der Waals surface area contributed by atoms with Gasteiger partial charge in [-0.2, -0.15) is 0 Å². The third kappa shape index (κ3) is 4.22. The van der Waals surface area contributed by atoms with Crippen LogP contribution >= 0.6 is 11.3 Å². The van der Waals surface area contributed by atoms with Crippen LogP contribution in [0.25, 0.3) is 97.4 Å². The Balaban J connectivity index is 1.23. The lowest BCUT2D eigenvalue weighted by Crippen LogP contribution is -1.97. The topological polar surface area (TPSA) is 9.86 Å². The van der Waals surface area contributed by atoms with Crippen molar-refractivity contribution >= 4 is 75.1 Å². The molecule has 0 aliphatic rings. The minimum Gasteiger partial charge on any atom is -0.309 e. The molecule has 0 atom stereocenters. The van der Waals surface area contributed by atoms with E-state index in [1.807, 2.05) is 11.3 Å². The Morgan fingerprint density at radius 1 is 0.333 bits per heavy atom. The van der Waals surface area contributed by atoms with E-state index in [-0.39, 0.29) is 0 Å². The highest BCUT2D eigenvalue weighted by Crippen LogP contribution is 2.45. The van der Waals surface area contributed by atoms with Gasteiger partial charge in [-0.15, -0.1) is 11.3 Å². The Hall–Kier alpha value is -6.42. The predicted molar refractivity (Wildman–Crippen MR) is 219 cm³/mol. The number of para-hydroxylation sites is 3. The van der Waals surface area contributed by atoms with Gasteiger partial charge in [0.2, 0.25) is 0 Å². The Morgan fingerprint density at radius 2 is 0.863 bits per heavy atom. The van der Waals surface area contributed by atoms with Crippen LogP contribution in [0, 0.1) is 0 Å². The minimum absolute atomic E-state index is 1.17. The van der Waals surface area contributed by atoms with Crippen molar-refractivity contribution in [3.05, 3.63) is 182 Å². The van der Waals surface area contributed by atoms with Gasteiger partial charge in [0, 0.05) is 47.4 Å². The van der Waals surface area contributed by atoms with E-state index in [1.165, 1.54) is 97.4 Å². The standard InChI is InChI=1S/C48H30N2S/c1-2-14-31(15-3-1)34-16-4-5-17-35(34)32-28-45(48-39-21-9-13-25-46(39)51-47(48)29-32)50-43-24-12-8-20-38(43)40-30-33(26-27-44(40)50)49-41-22-10-6-18-36(41)37-19-7-11-23-42(37)49/h1-30H. The van der Waals surface area contributed by atoms with Crippen LogP contribution in [0.5, 0.6) is 0 Å². The largest absolute Gasteiger partial charge is 0.309 e. The van der Waals surface area contributed by atoms with Crippen LogP contribution in [0.3, 0.4) is 0 Å². The maximum absolute atomic E-state index is 2.51. The van der Waals surface area contributed by atoms with Crippen molar-refractivity contribution in [2.75, 3.05) is 0 Å². The molecule has 8 aromatic carbocycles. The van der Waals surface area contributed by atoms with Crippen molar-refractivity contribution in [1.29, 1.82) is 0 Å². The number of nitrogens with zero attached hydrogens (tertiary/aromatic N) is 2. The summed E-state index contributed by atoms with van der Waals surface area (Å²) in [6.45, 7) is 0. The van der Waals surface area contributed by atoms with Crippen LogP contribution < -0.4 is 0 Å². The molecule has 3 heteroatoms. The third-order valence-corrected chi connectivity index (χ3v) is 11.6. The molecule has 0 saturated carbocycles. The van der Waals surface area contributed by atoms with Gasteiger partial charge >= 0.3 is 0 Å². The van der Waals surface area contributed by atoms with Crippen molar-refractivity contribution < 1.29 is 0 Å². The van der Waals surface area contributed by atoms with Crippen LogP contribution in [-0.4, -0.2) is 9.13 Å². The van der Waals surface area contributed by atoms with Gasteiger partial charge in [0.25, 0.3) is 0 Å². The predicted octanol–water partition coefficient (Wildman–Crippen LogP) is 13.6. The van der Waals surface area contributed by atoms with Crippen molar-refractivity contribution in [3.8, 4) is 33.6 Å². The average molecular weight is 667 g/mol. The molecule has 0 aliphatic heterocycles. The van der Waals surface area contributed by atoms with E-state index >= 15 is 0 Å². The van der Waals surface area contributed by atoms with E-state index in [2.05, 4.69) is 191 Å². The van der Waals surface area contributed by atoms with Crippen LogP contribution in [0.15, 0.2) is 182 Å². The third-order valence-electron chi connectivity index (χ3n) is 10.5. The molecule has 0 unspecified atom stereocenters. The van der Waals surface area contributed by atoms with Crippen molar-refractivity contribution in [1.82, 2.24) is 9.13 Å². The number of rotatable bonds is 4. The van der Waals surface area contributed by atoms with E-state index in [0.29, 0.717) is 0 Å². The van der Waals surface area contributed by atoms with Crippen molar-refractivity contribution in [3.63, 3.8) is 0 Å². The van der Waals surface area contributed by atoms with Gasteiger partial charge < -0.3 is 9.13 Å². The van der Waals surface area contributed by atoms with Gasteiger partial charge in [-0.1, -0.05) is 127 Å². The van der Waals surface area contributed by atoms with Crippen LogP contribution in [0.1, 0.15) is 0 Å². The second-order valence-electron chi connectivity index (χ2n) is 13.3. The summed E-state index contributed by atoms with van der Waals surface area (Å²) >= 11 is 1.88. The molecular formula is C48H30N2S. The molecule has 0 N–H and O–H groups in total. The van der Waals surface area contributed by atoms with Gasteiger partial charge in [0.05, 0.1) is 27.8 Å². The number of fused-ring (bicyclic) bond motifs is 9. The first-order chi connectivity index (χ1) is 25.3. The molecule has 0 amide bonds. The SMILES string of the molecule is c1ccc(-c2ccccc2-c2cc(-n3c4ccccc4c4cc(-n5c6ccccc6c6ccccc65)ccc43)c3c(c2)sc2ccccc23)cc1. The Bertz CT molecular complexity index is 3090. The first kappa shape index (κ1) is 28.4. The van der Waals surface area contributed by atoms with E-state index in [4.69, 9.17) is 0 Å². The number of benzene rings is 8. The van der Waals surface area contributed by atoms with Crippen LogP contribution in [0.4, 0.5) is 0 Å². The highest BCUT2D eigenvalue weighted by Gasteiger charge is 2.21. The lowest BCUT2D eigenvalue weighted by Gasteiger charge is -2.15. The smallest absolute Gasteiger partial charge is 0.0561 e. The number of hydrogen-bond donors (Lipinski definition) is 0. The second-order valence-corrected chi connectivity index (χ2v) is 14.4. The van der Waals surface area contributed by atoms with E-state index in [1.54, 1.807) is 0 Å². The van der Waals surface area contributed by atoms with E-state index in [0.717, 1.165) is 0 Å². The molecule has 3 heterocycles. The monoisotopic (exact) mass is 666 g/mol.